The van der Waals surface area contributed by atoms with Crippen molar-refractivity contribution in [3.8, 4) is 0 Å². The number of nitrogens with two attached hydrogens (primary N) is 2. The van der Waals surface area contributed by atoms with Crippen LogP contribution in [0.2, 0.25) is 0 Å². The number of anilines is 1. The van der Waals surface area contributed by atoms with Gasteiger partial charge in [0.2, 0.25) is 0 Å². The fourth-order valence-electron chi connectivity index (χ4n) is 1.71. The Hall–Kier alpha value is -1.32. The van der Waals surface area contributed by atoms with E-state index in [-0.39, 0.29) is 23.4 Å². The molecule has 0 amide bonds. The van der Waals surface area contributed by atoms with Gasteiger partial charge in [0.15, 0.2) is 0 Å². The predicted molar refractivity (Wildman–Crippen MR) is 70.2 cm³/mol. The molecule has 0 spiro atoms. The number of hydrogen-bond donors (Lipinski definition) is 3. The summed E-state index contributed by atoms with van der Waals surface area (Å²) in [6.07, 6.45) is -3.44. The lowest BCUT2D eigenvalue weighted by Crippen LogP contribution is -2.30. The van der Waals surface area contributed by atoms with Crippen LogP contribution in [0, 0.1) is 0 Å². The summed E-state index contributed by atoms with van der Waals surface area (Å²) < 4.78 is 60.2. The van der Waals surface area contributed by atoms with Gasteiger partial charge < -0.3 is 5.73 Å². The Kier molecular flexibility index (Phi) is 5.00. The Balaban J connectivity index is 3.08. The third-order valence-electron chi connectivity index (χ3n) is 2.77. The summed E-state index contributed by atoms with van der Waals surface area (Å²) in [6.45, 7) is 0. The van der Waals surface area contributed by atoms with E-state index in [0.717, 1.165) is 24.5 Å². The number of rotatable bonds is 5. The highest BCUT2D eigenvalue weighted by Gasteiger charge is 2.31. The SMILES string of the molecule is CS(=O)(=O)CCC(NN)c1cc(C(F)(F)F)ccc1N. The molecule has 20 heavy (non-hydrogen) atoms. The van der Waals surface area contributed by atoms with Gasteiger partial charge in [-0.15, -0.1) is 0 Å². The van der Waals surface area contributed by atoms with E-state index in [9.17, 15) is 21.6 Å². The van der Waals surface area contributed by atoms with E-state index in [1.54, 1.807) is 0 Å². The highest BCUT2D eigenvalue weighted by atomic mass is 32.2. The first-order valence-corrected chi connectivity index (χ1v) is 7.71. The highest BCUT2D eigenvalue weighted by Crippen LogP contribution is 2.33. The monoisotopic (exact) mass is 311 g/mol. The van der Waals surface area contributed by atoms with Gasteiger partial charge in [0.05, 0.1) is 11.3 Å². The van der Waals surface area contributed by atoms with Gasteiger partial charge in [0.1, 0.15) is 9.84 Å². The number of nitrogen functional groups attached to an aromatic ring is 1. The molecule has 0 fully saturated rings. The van der Waals surface area contributed by atoms with Crippen LogP contribution in [0.3, 0.4) is 0 Å². The smallest absolute Gasteiger partial charge is 0.398 e. The van der Waals surface area contributed by atoms with Gasteiger partial charge in [-0.25, -0.2) is 8.42 Å². The molecular formula is C11H16F3N3O2S. The van der Waals surface area contributed by atoms with Crippen LogP contribution in [0.1, 0.15) is 23.6 Å². The molecule has 0 aliphatic carbocycles. The third-order valence-corrected chi connectivity index (χ3v) is 3.75. The molecule has 0 aliphatic heterocycles. The van der Waals surface area contributed by atoms with Gasteiger partial charge in [-0.3, -0.25) is 11.3 Å². The van der Waals surface area contributed by atoms with Crippen LogP contribution in [0.15, 0.2) is 18.2 Å². The molecule has 0 aromatic heterocycles. The average molecular weight is 311 g/mol. The number of nitrogens with one attached hydrogen (secondary N) is 1. The van der Waals surface area contributed by atoms with Crippen LogP contribution in [-0.4, -0.2) is 20.4 Å². The van der Waals surface area contributed by atoms with Crippen LogP contribution in [0.5, 0.6) is 0 Å². The van der Waals surface area contributed by atoms with Crippen LogP contribution in [0.25, 0.3) is 0 Å². The zero-order valence-corrected chi connectivity index (χ0v) is 11.6. The molecule has 0 saturated heterocycles. The Bertz CT molecular complexity index is 573. The van der Waals surface area contributed by atoms with Crippen molar-refractivity contribution in [1.29, 1.82) is 0 Å². The van der Waals surface area contributed by atoms with Gasteiger partial charge in [-0.2, -0.15) is 13.2 Å². The number of halogens is 3. The van der Waals surface area contributed by atoms with Crippen molar-refractivity contribution in [2.45, 2.75) is 18.6 Å². The largest absolute Gasteiger partial charge is 0.416 e. The lowest BCUT2D eigenvalue weighted by molar-refractivity contribution is -0.137. The average Bonchev–Trinajstić information content (AvgIpc) is 2.29. The van der Waals surface area contributed by atoms with Gasteiger partial charge in [-0.1, -0.05) is 0 Å². The minimum Gasteiger partial charge on any atom is -0.398 e. The summed E-state index contributed by atoms with van der Waals surface area (Å²) in [6, 6.07) is 2.10. The van der Waals surface area contributed by atoms with E-state index in [0.29, 0.717) is 0 Å². The first-order chi connectivity index (χ1) is 9.04. The molecule has 5 N–H and O–H groups in total. The Labute approximate surface area is 115 Å². The first-order valence-electron chi connectivity index (χ1n) is 5.65. The minimum absolute atomic E-state index is 0.0286. The number of hydrogen-bond acceptors (Lipinski definition) is 5. The Morgan fingerprint density at radius 3 is 2.40 bits per heavy atom. The lowest BCUT2D eigenvalue weighted by Gasteiger charge is -2.19. The van der Waals surface area contributed by atoms with Gasteiger partial charge in [-0.05, 0) is 30.2 Å². The van der Waals surface area contributed by atoms with Crippen molar-refractivity contribution in [2.24, 2.45) is 5.84 Å². The lowest BCUT2D eigenvalue weighted by atomic mass is 10.00. The maximum absolute atomic E-state index is 12.7. The Morgan fingerprint density at radius 2 is 1.95 bits per heavy atom. The molecule has 1 aromatic rings. The van der Waals surface area contributed by atoms with Gasteiger partial charge in [0.25, 0.3) is 0 Å². The standard InChI is InChI=1S/C11H16F3N3O2S/c1-20(18,19)5-4-10(17-16)8-6-7(11(12,13)14)2-3-9(8)15/h2-3,6,10,17H,4-5,15-16H2,1H3. The van der Waals surface area contributed by atoms with Crippen molar-refractivity contribution >= 4 is 15.5 Å². The van der Waals surface area contributed by atoms with Crippen LogP contribution in [-0.2, 0) is 16.0 Å². The second kappa shape index (κ2) is 5.98. The van der Waals surface area contributed by atoms with Gasteiger partial charge in [0, 0.05) is 18.0 Å². The van der Waals surface area contributed by atoms with E-state index in [1.807, 2.05) is 0 Å². The second-order valence-electron chi connectivity index (χ2n) is 4.48. The molecule has 0 aliphatic rings. The second-order valence-corrected chi connectivity index (χ2v) is 6.74. The summed E-state index contributed by atoms with van der Waals surface area (Å²) in [5.74, 6) is 5.07. The zero-order chi connectivity index (χ0) is 15.6. The maximum Gasteiger partial charge on any atom is 0.416 e. The van der Waals surface area contributed by atoms with E-state index in [2.05, 4.69) is 5.43 Å². The molecule has 0 heterocycles. The van der Waals surface area contributed by atoms with Crippen molar-refractivity contribution in [1.82, 2.24) is 5.43 Å². The van der Waals surface area contributed by atoms with Crippen LogP contribution >= 0.6 is 0 Å². The Morgan fingerprint density at radius 1 is 1.35 bits per heavy atom. The molecule has 9 heteroatoms. The maximum atomic E-state index is 12.7. The summed E-state index contributed by atoms with van der Waals surface area (Å²) in [5.41, 5.74) is 7.33. The van der Waals surface area contributed by atoms with Crippen LogP contribution in [0.4, 0.5) is 18.9 Å². The molecule has 0 saturated carbocycles. The summed E-state index contributed by atoms with van der Waals surface area (Å²) in [4.78, 5) is 0. The molecule has 114 valence electrons. The molecule has 1 unspecified atom stereocenters. The van der Waals surface area contributed by atoms with E-state index >= 15 is 0 Å². The summed E-state index contributed by atoms with van der Waals surface area (Å²) in [5, 5.41) is 0. The number of hydrazine groups is 1. The normalized spacial score (nSPS) is 14.2. The molecule has 0 radical (unpaired) electrons. The van der Waals surface area contributed by atoms with E-state index < -0.39 is 27.6 Å². The quantitative estimate of drug-likeness (QED) is 0.431. The van der Waals surface area contributed by atoms with Crippen molar-refractivity contribution < 1.29 is 21.6 Å². The molecular weight excluding hydrogens is 295 g/mol. The fourth-order valence-corrected chi connectivity index (χ4v) is 2.38. The molecule has 1 rings (SSSR count). The minimum atomic E-state index is -4.50. The summed E-state index contributed by atoms with van der Waals surface area (Å²) in [7, 11) is -3.25. The first kappa shape index (κ1) is 16.7. The molecule has 0 bridgehead atoms. The predicted octanol–water partition coefficient (Wildman–Crippen LogP) is 1.23. The summed E-state index contributed by atoms with van der Waals surface area (Å²) >= 11 is 0. The highest BCUT2D eigenvalue weighted by molar-refractivity contribution is 7.90. The molecule has 1 aromatic carbocycles. The van der Waals surface area contributed by atoms with Gasteiger partial charge >= 0.3 is 6.18 Å². The van der Waals surface area contributed by atoms with Crippen molar-refractivity contribution in [3.63, 3.8) is 0 Å². The molecule has 5 nitrogen and oxygen atoms in total. The third kappa shape index (κ3) is 4.66. The van der Waals surface area contributed by atoms with E-state index in [4.69, 9.17) is 11.6 Å². The van der Waals surface area contributed by atoms with Crippen molar-refractivity contribution in [3.05, 3.63) is 29.3 Å². The fraction of sp³-hybridized carbons (Fsp3) is 0.455. The zero-order valence-electron chi connectivity index (χ0n) is 10.7. The molecule has 1 atom stereocenters. The van der Waals surface area contributed by atoms with E-state index in [1.165, 1.54) is 0 Å². The van der Waals surface area contributed by atoms with Crippen molar-refractivity contribution in [2.75, 3.05) is 17.7 Å². The number of alkyl halides is 3. The number of benzene rings is 1. The number of sulfone groups is 1. The van der Waals surface area contributed by atoms with Crippen LogP contribution < -0.4 is 17.0 Å². The topological polar surface area (TPSA) is 98.2 Å².